The molecule has 1 saturated carbocycles. The van der Waals surface area contributed by atoms with Crippen LogP contribution < -0.4 is 10.2 Å². The van der Waals surface area contributed by atoms with Crippen LogP contribution in [-0.2, 0) is 9.59 Å². The van der Waals surface area contributed by atoms with E-state index in [9.17, 15) is 24.5 Å². The van der Waals surface area contributed by atoms with Crippen molar-refractivity contribution in [2.45, 2.75) is 44.2 Å². The van der Waals surface area contributed by atoms with Gasteiger partial charge in [-0.15, -0.1) is 0 Å². The number of aromatic nitrogens is 1. The Balaban J connectivity index is 1.37. The largest absolute Gasteiger partial charge is 0.353 e. The number of hydrogen-bond acceptors (Lipinski definition) is 7. The Bertz CT molecular complexity index is 874. The predicted molar refractivity (Wildman–Crippen MR) is 106 cm³/mol. The minimum atomic E-state index is -0.860. The fraction of sp³-hybridized carbons (Fsp3) is 0.579. The van der Waals surface area contributed by atoms with Gasteiger partial charge < -0.3 is 15.1 Å². The molecule has 30 heavy (non-hydrogen) atoms. The first kappa shape index (κ1) is 20.0. The molecule has 2 saturated heterocycles. The predicted octanol–water partition coefficient (Wildman–Crippen LogP) is 0.891. The van der Waals surface area contributed by atoms with E-state index in [1.165, 1.54) is 12.3 Å². The number of pyridine rings is 1. The number of nitrogens with one attached hydrogen (secondary N) is 1. The lowest BCUT2D eigenvalue weighted by atomic mass is 9.97. The molecule has 160 valence electrons. The average molecular weight is 416 g/mol. The van der Waals surface area contributed by atoms with Crippen molar-refractivity contribution >= 4 is 29.4 Å². The van der Waals surface area contributed by atoms with Crippen molar-refractivity contribution in [2.24, 2.45) is 0 Å². The van der Waals surface area contributed by atoms with E-state index in [2.05, 4.69) is 10.3 Å². The van der Waals surface area contributed by atoms with Crippen LogP contribution >= 0.6 is 0 Å². The molecular formula is C19H24N6O5. The lowest BCUT2D eigenvalue weighted by molar-refractivity contribution is -0.385. The van der Waals surface area contributed by atoms with Crippen molar-refractivity contribution in [1.29, 1.82) is 0 Å². The van der Waals surface area contributed by atoms with Crippen LogP contribution in [0, 0.1) is 10.1 Å². The van der Waals surface area contributed by atoms with Crippen LogP contribution in [0.2, 0.25) is 0 Å². The Morgan fingerprint density at radius 3 is 2.43 bits per heavy atom. The van der Waals surface area contributed by atoms with E-state index in [0.29, 0.717) is 44.8 Å². The van der Waals surface area contributed by atoms with Crippen LogP contribution in [0.4, 0.5) is 16.3 Å². The molecule has 3 fully saturated rings. The number of rotatable bonds is 4. The Morgan fingerprint density at radius 1 is 1.20 bits per heavy atom. The van der Waals surface area contributed by atoms with E-state index in [1.807, 2.05) is 4.90 Å². The minimum absolute atomic E-state index is 0.0741. The van der Waals surface area contributed by atoms with Gasteiger partial charge in [-0.3, -0.25) is 19.7 Å². The number of piperazine rings is 1. The first-order valence-corrected chi connectivity index (χ1v) is 10.1. The van der Waals surface area contributed by atoms with Gasteiger partial charge in [-0.1, -0.05) is 12.8 Å². The number of imide groups is 1. The standard InChI is InChI=1S/C19H24N6O5/c1-13(24-17(27)19(21-18(24)28)6-2-3-7-19)16(26)23-10-8-22(9-11-23)15-5-4-14(12-20-15)25(29)30/h4-5,12-13H,2-3,6-11H2,1H3,(H,21,28). The molecule has 2 aliphatic heterocycles. The molecule has 1 spiro atoms. The maximum absolute atomic E-state index is 13.0. The van der Waals surface area contributed by atoms with Gasteiger partial charge in [0.15, 0.2) is 0 Å². The quantitative estimate of drug-likeness (QED) is 0.438. The SMILES string of the molecule is CC(C(=O)N1CCN(c2ccc([N+](=O)[O-])cn2)CC1)N1C(=O)NC2(CCCC2)C1=O. The monoisotopic (exact) mass is 416 g/mol. The summed E-state index contributed by atoms with van der Waals surface area (Å²) in [5.41, 5.74) is -0.902. The summed E-state index contributed by atoms with van der Waals surface area (Å²) >= 11 is 0. The number of anilines is 1. The van der Waals surface area contributed by atoms with Crippen LogP contribution in [-0.4, -0.2) is 75.3 Å². The van der Waals surface area contributed by atoms with Gasteiger partial charge in [0.2, 0.25) is 5.91 Å². The maximum atomic E-state index is 13.0. The summed E-state index contributed by atoms with van der Waals surface area (Å²) in [4.78, 5) is 57.4. The number of amides is 4. The molecule has 1 aromatic heterocycles. The van der Waals surface area contributed by atoms with Gasteiger partial charge in [0.25, 0.3) is 11.6 Å². The number of nitrogens with zero attached hydrogens (tertiary/aromatic N) is 5. The normalized spacial score (nSPS) is 21.8. The Hall–Kier alpha value is -3.24. The average Bonchev–Trinajstić information content (AvgIpc) is 3.31. The van der Waals surface area contributed by atoms with Crippen LogP contribution in [0.15, 0.2) is 18.3 Å². The van der Waals surface area contributed by atoms with Crippen LogP contribution in [0.25, 0.3) is 0 Å². The Kier molecular flexibility index (Phi) is 5.04. The highest BCUT2D eigenvalue weighted by molar-refractivity contribution is 6.10. The molecule has 1 N–H and O–H groups in total. The summed E-state index contributed by atoms with van der Waals surface area (Å²) < 4.78 is 0. The third-order valence-electron chi connectivity index (χ3n) is 6.25. The summed E-state index contributed by atoms with van der Waals surface area (Å²) in [5.74, 6) is 0.0578. The molecule has 1 unspecified atom stereocenters. The summed E-state index contributed by atoms with van der Waals surface area (Å²) in [6.45, 7) is 3.44. The van der Waals surface area contributed by atoms with E-state index in [4.69, 9.17) is 0 Å². The van der Waals surface area contributed by atoms with Crippen molar-refractivity contribution in [3.05, 3.63) is 28.4 Å². The molecule has 4 amide bonds. The smallest absolute Gasteiger partial charge is 0.325 e. The fourth-order valence-electron chi connectivity index (χ4n) is 4.51. The molecule has 3 aliphatic rings. The van der Waals surface area contributed by atoms with Gasteiger partial charge in [0.1, 0.15) is 23.6 Å². The van der Waals surface area contributed by atoms with E-state index in [-0.39, 0.29) is 17.5 Å². The molecule has 0 radical (unpaired) electrons. The number of urea groups is 1. The number of carbonyl (C=O) groups excluding carboxylic acids is 3. The molecule has 11 nitrogen and oxygen atoms in total. The highest BCUT2D eigenvalue weighted by Crippen LogP contribution is 2.36. The van der Waals surface area contributed by atoms with Gasteiger partial charge in [0, 0.05) is 32.2 Å². The topological polar surface area (TPSA) is 129 Å². The third kappa shape index (κ3) is 3.33. The van der Waals surface area contributed by atoms with Crippen LogP contribution in [0.5, 0.6) is 0 Å². The zero-order valence-electron chi connectivity index (χ0n) is 16.7. The zero-order valence-corrected chi connectivity index (χ0v) is 16.7. The Labute approximate surface area is 173 Å². The van der Waals surface area contributed by atoms with E-state index in [1.54, 1.807) is 17.9 Å². The second kappa shape index (κ2) is 7.54. The molecule has 0 aromatic carbocycles. The van der Waals surface area contributed by atoms with Crippen LogP contribution in [0.3, 0.4) is 0 Å². The number of carbonyl (C=O) groups is 3. The highest BCUT2D eigenvalue weighted by atomic mass is 16.6. The first-order chi connectivity index (χ1) is 14.3. The first-order valence-electron chi connectivity index (χ1n) is 10.1. The van der Waals surface area contributed by atoms with Gasteiger partial charge in [-0.2, -0.15) is 0 Å². The number of hydrogen-bond donors (Lipinski definition) is 1. The molecule has 1 aliphatic carbocycles. The second-order valence-electron chi connectivity index (χ2n) is 8.01. The summed E-state index contributed by atoms with van der Waals surface area (Å²) in [6, 6.07) is 1.64. The van der Waals surface area contributed by atoms with Crippen molar-refractivity contribution < 1.29 is 19.3 Å². The van der Waals surface area contributed by atoms with E-state index < -0.39 is 22.5 Å². The third-order valence-corrected chi connectivity index (χ3v) is 6.25. The van der Waals surface area contributed by atoms with Gasteiger partial charge in [0.05, 0.1) is 4.92 Å². The molecule has 4 rings (SSSR count). The summed E-state index contributed by atoms with van der Waals surface area (Å²) in [5, 5.41) is 13.6. The number of nitro groups is 1. The van der Waals surface area contributed by atoms with Gasteiger partial charge >= 0.3 is 6.03 Å². The minimum Gasteiger partial charge on any atom is -0.353 e. The van der Waals surface area contributed by atoms with Crippen LogP contribution in [0.1, 0.15) is 32.6 Å². The summed E-state index contributed by atoms with van der Waals surface area (Å²) in [6.07, 6.45) is 4.23. The van der Waals surface area contributed by atoms with Crippen molar-refractivity contribution in [2.75, 3.05) is 31.1 Å². The molecule has 11 heteroatoms. The van der Waals surface area contributed by atoms with Crippen molar-refractivity contribution in [1.82, 2.24) is 20.1 Å². The zero-order chi connectivity index (χ0) is 21.5. The van der Waals surface area contributed by atoms with Crippen molar-refractivity contribution in [3.8, 4) is 0 Å². The molecule has 1 atom stereocenters. The molecule has 0 bridgehead atoms. The highest BCUT2D eigenvalue weighted by Gasteiger charge is 2.54. The van der Waals surface area contributed by atoms with E-state index >= 15 is 0 Å². The molecule has 1 aromatic rings. The lowest BCUT2D eigenvalue weighted by Crippen LogP contribution is -2.56. The second-order valence-corrected chi connectivity index (χ2v) is 8.01. The fourth-order valence-corrected chi connectivity index (χ4v) is 4.51. The van der Waals surface area contributed by atoms with E-state index in [0.717, 1.165) is 17.7 Å². The molecular weight excluding hydrogens is 392 g/mol. The maximum Gasteiger partial charge on any atom is 0.325 e. The van der Waals surface area contributed by atoms with Crippen molar-refractivity contribution in [3.63, 3.8) is 0 Å². The Morgan fingerprint density at radius 2 is 1.87 bits per heavy atom. The van der Waals surface area contributed by atoms with Gasteiger partial charge in [-0.05, 0) is 25.8 Å². The van der Waals surface area contributed by atoms with Gasteiger partial charge in [-0.25, -0.2) is 14.7 Å². The lowest BCUT2D eigenvalue weighted by Gasteiger charge is -2.37. The molecule has 3 heterocycles. The summed E-state index contributed by atoms with van der Waals surface area (Å²) in [7, 11) is 0.